The Balaban J connectivity index is 1.40. The van der Waals surface area contributed by atoms with Crippen LogP contribution >= 0.6 is 22.7 Å². The molecule has 0 atom stereocenters. The Hall–Kier alpha value is -5.19. The van der Waals surface area contributed by atoms with E-state index in [2.05, 4.69) is 36.7 Å². The molecule has 6 rings (SSSR count). The predicted molar refractivity (Wildman–Crippen MR) is 292 cm³/mol. The van der Waals surface area contributed by atoms with Crippen LogP contribution in [0.25, 0.3) is 31.7 Å². The minimum atomic E-state index is -0.428. The molecule has 2 heterocycles. The second kappa shape index (κ2) is 28.5. The normalized spacial score (nSPS) is 11.4. The summed E-state index contributed by atoms with van der Waals surface area (Å²) in [6.07, 6.45) is 27.7. The smallest absolute Gasteiger partial charge is 0.301 e. The zero-order chi connectivity index (χ0) is 48.8. The topological polar surface area (TPSA) is 107 Å². The molecular formula is C59H75N3O5S2. The zero-order valence-corrected chi connectivity index (χ0v) is 43.2. The molecule has 0 aliphatic rings. The van der Waals surface area contributed by atoms with Gasteiger partial charge in [-0.25, -0.2) is 0 Å². The van der Waals surface area contributed by atoms with Crippen molar-refractivity contribution in [3.8, 4) is 20.9 Å². The minimum absolute atomic E-state index is 0.101. The van der Waals surface area contributed by atoms with E-state index in [4.69, 9.17) is 0 Å². The first-order valence-corrected chi connectivity index (χ1v) is 27.9. The number of amides is 1. The van der Waals surface area contributed by atoms with E-state index in [1.54, 1.807) is 17.4 Å². The molecule has 0 saturated carbocycles. The van der Waals surface area contributed by atoms with E-state index in [9.17, 15) is 25.0 Å². The van der Waals surface area contributed by atoms with E-state index in [1.165, 1.54) is 131 Å². The quantitative estimate of drug-likeness (QED) is 0.0238. The number of rotatable bonds is 32. The number of anilines is 1. The highest BCUT2D eigenvalue weighted by atomic mass is 32.1. The van der Waals surface area contributed by atoms with E-state index in [0.29, 0.717) is 29.5 Å². The summed E-state index contributed by atoms with van der Waals surface area (Å²) in [7, 11) is 0. The molecule has 0 unspecified atom stereocenters. The van der Waals surface area contributed by atoms with E-state index in [0.717, 1.165) is 65.0 Å². The van der Waals surface area contributed by atoms with Gasteiger partial charge in [-0.05, 0) is 95.8 Å². The van der Waals surface area contributed by atoms with E-state index in [1.807, 2.05) is 66.7 Å². The first-order valence-electron chi connectivity index (χ1n) is 26.2. The van der Waals surface area contributed by atoms with Crippen LogP contribution in [0.1, 0.15) is 177 Å². The van der Waals surface area contributed by atoms with Gasteiger partial charge in [0.15, 0.2) is 0 Å². The number of nitrogens with zero attached hydrogens (tertiary/aromatic N) is 3. The van der Waals surface area contributed by atoms with Crippen molar-refractivity contribution in [1.82, 2.24) is 0 Å². The lowest BCUT2D eigenvalue weighted by Crippen LogP contribution is -2.29. The number of benzene rings is 4. The maximum Gasteiger partial charge on any atom is 0.301 e. The van der Waals surface area contributed by atoms with Crippen molar-refractivity contribution in [3.05, 3.63) is 144 Å². The highest BCUT2D eigenvalue weighted by Crippen LogP contribution is 2.51. The lowest BCUT2D eigenvalue weighted by molar-refractivity contribution is -0.384. The molecule has 8 nitrogen and oxygen atoms in total. The number of unbranched alkanes of at least 4 members (excludes halogenated alkanes) is 18. The lowest BCUT2D eigenvalue weighted by atomic mass is 9.90. The molecule has 0 fully saturated rings. The van der Waals surface area contributed by atoms with Crippen LogP contribution in [0.2, 0.25) is 0 Å². The number of nitro groups is 2. The van der Waals surface area contributed by atoms with Crippen molar-refractivity contribution < 1.29 is 14.6 Å². The van der Waals surface area contributed by atoms with Crippen molar-refractivity contribution in [3.63, 3.8) is 0 Å². The van der Waals surface area contributed by atoms with Crippen LogP contribution < -0.4 is 4.90 Å². The summed E-state index contributed by atoms with van der Waals surface area (Å²) in [5.41, 5.74) is 5.60. The fraction of sp³-hybridized carbons (Fsp3) is 0.475. The van der Waals surface area contributed by atoms with Gasteiger partial charge in [0.05, 0.1) is 27.2 Å². The summed E-state index contributed by atoms with van der Waals surface area (Å²) in [6, 6.07) is 27.3. The van der Waals surface area contributed by atoms with Gasteiger partial charge < -0.3 is 4.90 Å². The molecule has 10 heteroatoms. The van der Waals surface area contributed by atoms with Gasteiger partial charge in [-0.3, -0.25) is 25.0 Å². The molecule has 0 radical (unpaired) electrons. The van der Waals surface area contributed by atoms with Gasteiger partial charge in [-0.2, -0.15) is 0 Å². The van der Waals surface area contributed by atoms with Crippen LogP contribution in [-0.4, -0.2) is 15.8 Å². The molecule has 0 aliphatic carbocycles. The van der Waals surface area contributed by atoms with E-state index >= 15 is 0 Å². The highest BCUT2D eigenvalue weighted by Gasteiger charge is 2.35. The highest BCUT2D eigenvalue weighted by molar-refractivity contribution is 7.14. The average Bonchev–Trinajstić information content (AvgIpc) is 4.03. The molecule has 69 heavy (non-hydrogen) atoms. The van der Waals surface area contributed by atoms with Crippen LogP contribution in [0, 0.1) is 20.2 Å². The van der Waals surface area contributed by atoms with E-state index < -0.39 is 4.92 Å². The van der Waals surface area contributed by atoms with Gasteiger partial charge in [0.2, 0.25) is 5.91 Å². The van der Waals surface area contributed by atoms with Crippen LogP contribution in [0.4, 0.5) is 17.1 Å². The molecule has 1 amide bonds. The number of thiophene rings is 2. The fourth-order valence-electron chi connectivity index (χ4n) is 9.82. The number of fused-ring (bicyclic) bond motifs is 1. The van der Waals surface area contributed by atoms with E-state index in [-0.39, 0.29) is 45.2 Å². The molecule has 6 aromatic rings. The standard InChI is InChI=1S/C59H75N3O5S2/c1-4-6-8-10-12-14-16-18-20-24-34-48-38-55(68-43-48)51-40-53-52(57(61(64)65)50(51)37-36-46-30-26-22-27-31-46)41-54(56-39-49(44-69-56)35-25-21-19-17-15-13-11-9-7-5-2)58(59(53)62(66)67)60(45(3)63)42-47-32-28-23-29-33-47/h22-23,26-33,38-41,43-44H,4-21,24-25,34-37,42H2,1-3H3. The second-order valence-corrected chi connectivity index (χ2v) is 20.9. The number of nitro benzene ring substituents is 2. The maximum absolute atomic E-state index is 13.9. The molecule has 0 aliphatic heterocycles. The van der Waals surface area contributed by atoms with Gasteiger partial charge in [0, 0.05) is 33.4 Å². The van der Waals surface area contributed by atoms with Crippen molar-refractivity contribution in [1.29, 1.82) is 0 Å². The summed E-state index contributed by atoms with van der Waals surface area (Å²) < 4.78 is 0. The van der Waals surface area contributed by atoms with Crippen LogP contribution in [-0.2, 0) is 37.0 Å². The predicted octanol–water partition coefficient (Wildman–Crippen LogP) is 18.4. The molecule has 2 aromatic heterocycles. The Bertz CT molecular complexity index is 2530. The summed E-state index contributed by atoms with van der Waals surface area (Å²) in [5, 5.41) is 32.1. The van der Waals surface area contributed by atoms with Gasteiger partial charge >= 0.3 is 5.69 Å². The summed E-state index contributed by atoms with van der Waals surface area (Å²) in [6.45, 7) is 6.04. The molecular weight excluding hydrogens is 895 g/mol. The number of aryl methyl sites for hydroxylation is 3. The third kappa shape index (κ3) is 15.7. The van der Waals surface area contributed by atoms with Crippen LogP contribution in [0.5, 0.6) is 0 Å². The largest absolute Gasteiger partial charge is 0.302 e. The van der Waals surface area contributed by atoms with Crippen molar-refractivity contribution in [2.75, 3.05) is 4.90 Å². The van der Waals surface area contributed by atoms with Gasteiger partial charge in [-0.1, -0.05) is 190 Å². The number of carbonyl (C=O) groups is 1. The molecule has 0 saturated heterocycles. The molecule has 4 aromatic carbocycles. The maximum atomic E-state index is 13.9. The van der Waals surface area contributed by atoms with Gasteiger partial charge in [-0.15, -0.1) is 22.7 Å². The first kappa shape index (κ1) is 53.2. The summed E-state index contributed by atoms with van der Waals surface area (Å²) in [5.74, 6) is -0.353. The Labute approximate surface area is 419 Å². The number of hydrogen-bond acceptors (Lipinski definition) is 7. The molecule has 368 valence electrons. The monoisotopic (exact) mass is 970 g/mol. The lowest BCUT2D eigenvalue weighted by Gasteiger charge is -2.25. The van der Waals surface area contributed by atoms with Crippen molar-refractivity contribution in [2.45, 2.75) is 181 Å². The third-order valence-electron chi connectivity index (χ3n) is 13.6. The number of carbonyl (C=O) groups excluding carboxylic acids is 1. The Morgan fingerprint density at radius 2 is 0.913 bits per heavy atom. The fourth-order valence-corrected chi connectivity index (χ4v) is 11.8. The molecule has 0 bridgehead atoms. The van der Waals surface area contributed by atoms with Crippen LogP contribution in [0.3, 0.4) is 0 Å². The third-order valence-corrected chi connectivity index (χ3v) is 15.7. The van der Waals surface area contributed by atoms with Gasteiger partial charge in [0.25, 0.3) is 5.69 Å². The average molecular weight is 970 g/mol. The summed E-state index contributed by atoms with van der Waals surface area (Å²) in [4.78, 5) is 43.8. The zero-order valence-electron chi connectivity index (χ0n) is 41.6. The Morgan fingerprint density at radius 3 is 1.38 bits per heavy atom. The SMILES string of the molecule is CCCCCCCCCCCCc1csc(-c2cc3c([N+](=O)[O-])c(N(Cc4ccccc4)C(C)=O)c(-c4cc(CCCCCCCCCCCC)cs4)cc3c([N+](=O)[O-])c2CCc2ccccc2)c1. The summed E-state index contributed by atoms with van der Waals surface area (Å²) >= 11 is 3.02. The number of hydrogen-bond donors (Lipinski definition) is 0. The van der Waals surface area contributed by atoms with Crippen molar-refractivity contribution in [2.24, 2.45) is 0 Å². The minimum Gasteiger partial charge on any atom is -0.302 e. The Morgan fingerprint density at radius 1 is 0.493 bits per heavy atom. The molecule has 0 spiro atoms. The Kier molecular flexibility index (Phi) is 21.9. The van der Waals surface area contributed by atoms with Crippen molar-refractivity contribution >= 4 is 56.4 Å². The second-order valence-electron chi connectivity index (χ2n) is 19.1. The van der Waals surface area contributed by atoms with Gasteiger partial charge in [0.1, 0.15) is 5.69 Å². The molecule has 0 N–H and O–H groups in total. The first-order chi connectivity index (χ1) is 33.7. The van der Waals surface area contributed by atoms with Crippen LogP contribution in [0.15, 0.2) is 95.7 Å².